The Kier molecular flexibility index (Phi) is 6.31. The molecule has 118 valence electrons. The lowest BCUT2D eigenvalue weighted by Gasteiger charge is -2.45. The van der Waals surface area contributed by atoms with Gasteiger partial charge in [0.1, 0.15) is 0 Å². The summed E-state index contributed by atoms with van der Waals surface area (Å²) in [5.74, 6) is 0.894. The van der Waals surface area contributed by atoms with Gasteiger partial charge >= 0.3 is 0 Å². The van der Waals surface area contributed by atoms with Crippen molar-refractivity contribution in [1.29, 1.82) is 0 Å². The van der Waals surface area contributed by atoms with Crippen LogP contribution in [0.25, 0.3) is 0 Å². The topological polar surface area (TPSA) is 24.5 Å². The third-order valence-electron chi connectivity index (χ3n) is 5.00. The first-order valence-corrected chi connectivity index (χ1v) is 8.68. The average Bonchev–Trinajstić information content (AvgIpc) is 2.39. The number of morpholine rings is 1. The van der Waals surface area contributed by atoms with E-state index >= 15 is 0 Å². The first-order valence-electron chi connectivity index (χ1n) is 8.68. The summed E-state index contributed by atoms with van der Waals surface area (Å²) >= 11 is 0. The van der Waals surface area contributed by atoms with Crippen LogP contribution < -0.4 is 5.32 Å². The van der Waals surface area contributed by atoms with Crippen LogP contribution in [0.4, 0.5) is 0 Å². The van der Waals surface area contributed by atoms with E-state index < -0.39 is 0 Å². The highest BCUT2D eigenvalue weighted by Gasteiger charge is 2.36. The number of nitrogens with one attached hydrogen (secondary N) is 1. The molecule has 1 N–H and O–H groups in total. The molecule has 0 radical (unpaired) electrons. The van der Waals surface area contributed by atoms with E-state index in [9.17, 15) is 0 Å². The van der Waals surface area contributed by atoms with Crippen molar-refractivity contribution in [1.82, 2.24) is 10.2 Å². The Morgan fingerprint density at radius 3 is 2.90 bits per heavy atom. The minimum absolute atomic E-state index is 0.408. The van der Waals surface area contributed by atoms with Gasteiger partial charge in [0.05, 0.1) is 12.7 Å². The molecule has 3 heteroatoms. The molecule has 3 atom stereocenters. The lowest BCUT2D eigenvalue weighted by molar-refractivity contribution is -0.0394. The molecule has 2 fully saturated rings. The van der Waals surface area contributed by atoms with E-state index in [2.05, 4.69) is 31.0 Å². The Bertz CT molecular complexity index is 284. The third-order valence-corrected chi connectivity index (χ3v) is 5.00. The molecule has 0 bridgehead atoms. The van der Waals surface area contributed by atoms with Gasteiger partial charge in [-0.05, 0) is 44.1 Å². The van der Waals surface area contributed by atoms with E-state index in [-0.39, 0.29) is 0 Å². The maximum Gasteiger partial charge on any atom is 0.0674 e. The summed E-state index contributed by atoms with van der Waals surface area (Å²) in [6, 6.07) is 0. The molecule has 1 heterocycles. The van der Waals surface area contributed by atoms with Crippen LogP contribution in [0.3, 0.4) is 0 Å². The zero-order chi connectivity index (χ0) is 14.4. The summed E-state index contributed by atoms with van der Waals surface area (Å²) in [6.45, 7) is 13.7. The second-order valence-electron chi connectivity index (χ2n) is 7.29. The average molecular weight is 282 g/mol. The maximum absolute atomic E-state index is 5.69. The van der Waals surface area contributed by atoms with Crippen molar-refractivity contribution in [3.63, 3.8) is 0 Å². The molecule has 1 aliphatic heterocycles. The van der Waals surface area contributed by atoms with Crippen molar-refractivity contribution in [2.75, 3.05) is 39.3 Å². The van der Waals surface area contributed by atoms with Gasteiger partial charge in [-0.2, -0.15) is 0 Å². The van der Waals surface area contributed by atoms with Crippen LogP contribution in [-0.4, -0.2) is 50.3 Å². The molecule has 2 aliphatic rings. The summed E-state index contributed by atoms with van der Waals surface area (Å²) in [4.78, 5) is 2.65. The van der Waals surface area contributed by atoms with Gasteiger partial charge in [-0.3, -0.25) is 4.90 Å². The van der Waals surface area contributed by atoms with E-state index in [1.807, 2.05) is 0 Å². The zero-order valence-corrected chi connectivity index (χ0v) is 13.8. The van der Waals surface area contributed by atoms with Crippen LogP contribution in [0.2, 0.25) is 0 Å². The van der Waals surface area contributed by atoms with Crippen molar-refractivity contribution in [2.24, 2.45) is 11.3 Å². The van der Waals surface area contributed by atoms with Crippen molar-refractivity contribution >= 4 is 0 Å². The lowest BCUT2D eigenvalue weighted by atomic mass is 9.69. The number of rotatable bonds is 6. The maximum atomic E-state index is 5.69. The van der Waals surface area contributed by atoms with Crippen molar-refractivity contribution in [3.8, 4) is 0 Å². The quantitative estimate of drug-likeness (QED) is 0.758. The van der Waals surface area contributed by atoms with Crippen LogP contribution in [0.1, 0.15) is 52.9 Å². The van der Waals surface area contributed by atoms with Gasteiger partial charge in [-0.25, -0.2) is 0 Å². The molecule has 1 saturated heterocycles. The highest BCUT2D eigenvalue weighted by Crippen LogP contribution is 2.39. The van der Waals surface area contributed by atoms with Crippen LogP contribution in [0.5, 0.6) is 0 Å². The summed E-state index contributed by atoms with van der Waals surface area (Å²) in [5, 5.41) is 3.71. The SMILES string of the molecule is CCCNCC1(CN2CCOC(C)C2)CCCC(C)C1. The minimum Gasteiger partial charge on any atom is -0.376 e. The normalized spacial score (nSPS) is 36.1. The number of hydrogen-bond donors (Lipinski definition) is 1. The summed E-state index contributed by atoms with van der Waals surface area (Å²) < 4.78 is 5.69. The highest BCUT2D eigenvalue weighted by atomic mass is 16.5. The summed E-state index contributed by atoms with van der Waals surface area (Å²) in [7, 11) is 0. The Morgan fingerprint density at radius 2 is 2.20 bits per heavy atom. The Balaban J connectivity index is 1.94. The van der Waals surface area contributed by atoms with Crippen molar-refractivity contribution in [3.05, 3.63) is 0 Å². The lowest BCUT2D eigenvalue weighted by Crippen LogP contribution is -2.51. The van der Waals surface area contributed by atoms with Gasteiger partial charge in [-0.15, -0.1) is 0 Å². The Hall–Kier alpha value is -0.120. The molecular weight excluding hydrogens is 248 g/mol. The Morgan fingerprint density at radius 1 is 1.35 bits per heavy atom. The molecule has 0 spiro atoms. The minimum atomic E-state index is 0.408. The molecule has 0 aromatic rings. The molecule has 0 amide bonds. The standard InChI is InChI=1S/C17H34N2O/c1-4-8-18-13-17(7-5-6-15(2)11-17)14-19-9-10-20-16(3)12-19/h15-16,18H,4-14H2,1-3H3. The van der Waals surface area contributed by atoms with Crippen molar-refractivity contribution in [2.45, 2.75) is 59.0 Å². The van der Waals surface area contributed by atoms with Crippen LogP contribution in [-0.2, 0) is 4.74 Å². The molecule has 1 aliphatic carbocycles. The molecule has 3 nitrogen and oxygen atoms in total. The van der Waals surface area contributed by atoms with Crippen LogP contribution in [0.15, 0.2) is 0 Å². The summed E-state index contributed by atoms with van der Waals surface area (Å²) in [6.07, 6.45) is 7.28. The zero-order valence-electron chi connectivity index (χ0n) is 13.8. The van der Waals surface area contributed by atoms with E-state index in [0.717, 1.165) is 32.2 Å². The van der Waals surface area contributed by atoms with Gasteiger partial charge in [-0.1, -0.05) is 26.7 Å². The first kappa shape index (κ1) is 16.3. The number of nitrogens with zero attached hydrogens (tertiary/aromatic N) is 1. The molecule has 2 rings (SSSR count). The van der Waals surface area contributed by atoms with Gasteiger partial charge in [0.2, 0.25) is 0 Å². The predicted molar refractivity (Wildman–Crippen MR) is 85.1 cm³/mol. The fourth-order valence-corrected chi connectivity index (χ4v) is 4.17. The highest BCUT2D eigenvalue weighted by molar-refractivity contribution is 4.90. The van der Waals surface area contributed by atoms with Gasteiger partial charge < -0.3 is 10.1 Å². The van der Waals surface area contributed by atoms with E-state index in [4.69, 9.17) is 4.74 Å². The fourth-order valence-electron chi connectivity index (χ4n) is 4.17. The smallest absolute Gasteiger partial charge is 0.0674 e. The second-order valence-corrected chi connectivity index (χ2v) is 7.29. The molecule has 1 saturated carbocycles. The van der Waals surface area contributed by atoms with Crippen molar-refractivity contribution < 1.29 is 4.74 Å². The van der Waals surface area contributed by atoms with Gasteiger partial charge in [0.15, 0.2) is 0 Å². The predicted octanol–water partition coefficient (Wildman–Crippen LogP) is 2.90. The van der Waals surface area contributed by atoms with E-state index in [0.29, 0.717) is 11.5 Å². The van der Waals surface area contributed by atoms with Gasteiger partial charge in [0.25, 0.3) is 0 Å². The fraction of sp³-hybridized carbons (Fsp3) is 1.00. The third kappa shape index (κ3) is 4.71. The molecular formula is C17H34N2O. The van der Waals surface area contributed by atoms with Gasteiger partial charge in [0, 0.05) is 26.2 Å². The Labute approximate surface area is 125 Å². The van der Waals surface area contributed by atoms with Crippen LogP contribution >= 0.6 is 0 Å². The first-order chi connectivity index (χ1) is 9.63. The molecule has 0 aromatic heterocycles. The summed E-state index contributed by atoms with van der Waals surface area (Å²) in [5.41, 5.74) is 0.504. The molecule has 3 unspecified atom stereocenters. The monoisotopic (exact) mass is 282 g/mol. The number of hydrogen-bond acceptors (Lipinski definition) is 3. The largest absolute Gasteiger partial charge is 0.376 e. The van der Waals surface area contributed by atoms with E-state index in [1.54, 1.807) is 0 Å². The van der Waals surface area contributed by atoms with Crippen LogP contribution in [0, 0.1) is 11.3 Å². The second kappa shape index (κ2) is 7.77. The molecule has 0 aromatic carbocycles. The van der Waals surface area contributed by atoms with E-state index in [1.165, 1.54) is 45.2 Å². The molecule has 20 heavy (non-hydrogen) atoms. The number of ether oxygens (including phenoxy) is 1.